The van der Waals surface area contributed by atoms with Gasteiger partial charge in [0.2, 0.25) is 10.0 Å². The maximum absolute atomic E-state index is 13.1. The number of rotatable bonds is 9. The molecule has 0 aliphatic heterocycles. The van der Waals surface area contributed by atoms with Gasteiger partial charge in [-0.2, -0.15) is 16.5 Å². The molecule has 0 fully saturated rings. The fraction of sp³-hybridized carbons (Fsp3) is 0.381. The molecule has 8 heteroatoms. The predicted octanol–water partition coefficient (Wildman–Crippen LogP) is 3.37. The number of ether oxygens (including phenoxy) is 2. The number of benzene rings is 2. The number of hydrogen-bond donors (Lipinski definition) is 1. The lowest BCUT2D eigenvalue weighted by molar-refractivity contribution is -0.141. The number of carbonyl (C=O) groups is 1. The second-order valence-electron chi connectivity index (χ2n) is 6.67. The van der Waals surface area contributed by atoms with Crippen LogP contribution in [0.25, 0.3) is 0 Å². The van der Waals surface area contributed by atoms with E-state index in [1.165, 1.54) is 18.9 Å². The molecule has 0 saturated heterocycles. The van der Waals surface area contributed by atoms with E-state index in [0.29, 0.717) is 22.6 Å². The smallest absolute Gasteiger partial charge is 0.324 e. The first-order valence-electron chi connectivity index (χ1n) is 9.07. The summed E-state index contributed by atoms with van der Waals surface area (Å²) in [6.07, 6.45) is 0. The van der Waals surface area contributed by atoms with Crippen LogP contribution in [0.15, 0.2) is 41.3 Å². The van der Waals surface area contributed by atoms with Crippen LogP contribution < -0.4 is 9.46 Å². The van der Waals surface area contributed by atoms with E-state index in [1.807, 2.05) is 30.3 Å². The zero-order valence-corrected chi connectivity index (χ0v) is 18.9. The number of esters is 1. The summed E-state index contributed by atoms with van der Waals surface area (Å²) in [7, 11) is -1.14. The number of nitrogens with one attached hydrogen (secondary N) is 1. The van der Waals surface area contributed by atoms with E-state index in [-0.39, 0.29) is 10.6 Å². The van der Waals surface area contributed by atoms with Gasteiger partial charge in [-0.25, -0.2) is 8.42 Å². The third kappa shape index (κ3) is 5.74. The Bertz CT molecular complexity index is 959. The largest absolute Gasteiger partial charge is 0.496 e. The molecule has 0 radical (unpaired) electrons. The third-order valence-electron chi connectivity index (χ3n) is 4.65. The summed E-state index contributed by atoms with van der Waals surface area (Å²) in [5.41, 5.74) is 2.99. The molecule has 0 amide bonds. The third-order valence-corrected chi connectivity index (χ3v) is 7.51. The highest BCUT2D eigenvalue weighted by Gasteiger charge is 2.29. The van der Waals surface area contributed by atoms with Crippen LogP contribution >= 0.6 is 11.8 Å². The Morgan fingerprint density at radius 1 is 1.10 bits per heavy atom. The molecule has 0 aromatic heterocycles. The lowest BCUT2D eigenvalue weighted by Crippen LogP contribution is -2.43. The zero-order chi connectivity index (χ0) is 21.6. The molecule has 2 rings (SSSR count). The van der Waals surface area contributed by atoms with Gasteiger partial charge in [-0.05, 0) is 49.1 Å². The number of aryl methyl sites for hydroxylation is 1. The van der Waals surface area contributed by atoms with Crippen LogP contribution in [0.5, 0.6) is 5.75 Å². The highest BCUT2D eigenvalue weighted by Crippen LogP contribution is 2.30. The summed E-state index contributed by atoms with van der Waals surface area (Å²) >= 11 is 1.46. The Balaban J connectivity index is 2.23. The fourth-order valence-corrected chi connectivity index (χ4v) is 5.87. The standard InChI is InChI=1S/C21H27NO5S2/c1-14-11-19(26-4)15(2)16(3)20(14)29(24,25)22-18(21(23)27-5)13-28-12-17-9-7-6-8-10-17/h6-11,18,22H,12-13H2,1-5H3/t18-/m0/s1. The summed E-state index contributed by atoms with van der Waals surface area (Å²) in [5, 5.41) is 0. The second kappa shape index (κ2) is 10.1. The summed E-state index contributed by atoms with van der Waals surface area (Å²) in [5.74, 6) is 0.931. The lowest BCUT2D eigenvalue weighted by atomic mass is 10.1. The molecule has 1 atom stereocenters. The van der Waals surface area contributed by atoms with Crippen molar-refractivity contribution in [2.75, 3.05) is 20.0 Å². The fourth-order valence-electron chi connectivity index (χ4n) is 3.05. The minimum atomic E-state index is -3.94. The molecule has 0 heterocycles. The van der Waals surface area contributed by atoms with Crippen LogP contribution in [0.3, 0.4) is 0 Å². The number of hydrogen-bond acceptors (Lipinski definition) is 6. The summed E-state index contributed by atoms with van der Waals surface area (Å²) in [6, 6.07) is 10.5. The zero-order valence-electron chi connectivity index (χ0n) is 17.3. The summed E-state index contributed by atoms with van der Waals surface area (Å²) in [6.45, 7) is 5.25. The van der Waals surface area contributed by atoms with Gasteiger partial charge in [0.1, 0.15) is 11.8 Å². The second-order valence-corrected chi connectivity index (χ2v) is 9.35. The monoisotopic (exact) mass is 437 g/mol. The van der Waals surface area contributed by atoms with Crippen molar-refractivity contribution >= 4 is 27.8 Å². The molecule has 2 aromatic carbocycles. The van der Waals surface area contributed by atoms with Crippen LogP contribution in [0.4, 0.5) is 0 Å². The Morgan fingerprint density at radius 2 is 1.76 bits per heavy atom. The van der Waals surface area contributed by atoms with Crippen LogP contribution in [-0.2, 0) is 25.3 Å². The molecule has 0 spiro atoms. The van der Waals surface area contributed by atoms with Crippen molar-refractivity contribution in [3.8, 4) is 5.75 Å². The maximum atomic E-state index is 13.1. The van der Waals surface area contributed by atoms with Gasteiger partial charge in [-0.3, -0.25) is 4.79 Å². The quantitative estimate of drug-likeness (QED) is 0.606. The van der Waals surface area contributed by atoms with Crippen LogP contribution in [0, 0.1) is 20.8 Å². The van der Waals surface area contributed by atoms with Gasteiger partial charge in [0, 0.05) is 11.5 Å². The number of sulfonamides is 1. The first-order chi connectivity index (χ1) is 13.7. The van der Waals surface area contributed by atoms with Crippen molar-refractivity contribution in [3.05, 3.63) is 58.7 Å². The molecule has 0 unspecified atom stereocenters. The van der Waals surface area contributed by atoms with E-state index in [4.69, 9.17) is 9.47 Å². The minimum Gasteiger partial charge on any atom is -0.496 e. The molecule has 0 saturated carbocycles. The number of methoxy groups -OCH3 is 2. The molecule has 0 aliphatic rings. The SMILES string of the molecule is COC(=O)[C@H](CSCc1ccccc1)NS(=O)(=O)c1c(C)cc(OC)c(C)c1C. The van der Waals surface area contributed by atoms with E-state index in [1.54, 1.807) is 33.9 Å². The first kappa shape index (κ1) is 23.3. The highest BCUT2D eigenvalue weighted by atomic mass is 32.2. The molecular weight excluding hydrogens is 410 g/mol. The molecular formula is C21H27NO5S2. The molecule has 2 aromatic rings. The maximum Gasteiger partial charge on any atom is 0.324 e. The average molecular weight is 438 g/mol. The number of carbonyl (C=O) groups excluding carboxylic acids is 1. The van der Waals surface area contributed by atoms with Gasteiger partial charge in [0.25, 0.3) is 0 Å². The van der Waals surface area contributed by atoms with Crippen LogP contribution in [-0.4, -0.2) is 40.4 Å². The molecule has 1 N–H and O–H groups in total. The Kier molecular flexibility index (Phi) is 8.13. The Morgan fingerprint density at radius 3 is 2.34 bits per heavy atom. The van der Waals surface area contributed by atoms with Crippen molar-refractivity contribution in [1.29, 1.82) is 0 Å². The van der Waals surface area contributed by atoms with Gasteiger partial charge in [-0.15, -0.1) is 0 Å². The summed E-state index contributed by atoms with van der Waals surface area (Å²) < 4.78 is 38.9. The Labute approximate surface area is 177 Å². The van der Waals surface area contributed by atoms with E-state index in [9.17, 15) is 13.2 Å². The summed E-state index contributed by atoms with van der Waals surface area (Å²) in [4.78, 5) is 12.4. The van der Waals surface area contributed by atoms with E-state index in [0.717, 1.165) is 11.1 Å². The Hall–Kier alpha value is -2.03. The van der Waals surface area contributed by atoms with Gasteiger partial charge in [-0.1, -0.05) is 30.3 Å². The van der Waals surface area contributed by atoms with Crippen molar-refractivity contribution in [1.82, 2.24) is 4.72 Å². The van der Waals surface area contributed by atoms with Crippen LogP contribution in [0.1, 0.15) is 22.3 Å². The van der Waals surface area contributed by atoms with E-state index < -0.39 is 22.0 Å². The van der Waals surface area contributed by atoms with Gasteiger partial charge in [0.05, 0.1) is 19.1 Å². The minimum absolute atomic E-state index is 0.165. The van der Waals surface area contributed by atoms with Crippen LogP contribution in [0.2, 0.25) is 0 Å². The molecule has 29 heavy (non-hydrogen) atoms. The highest BCUT2D eigenvalue weighted by molar-refractivity contribution is 7.98. The normalized spacial score (nSPS) is 12.4. The lowest BCUT2D eigenvalue weighted by Gasteiger charge is -2.20. The van der Waals surface area contributed by atoms with Gasteiger partial charge >= 0.3 is 5.97 Å². The average Bonchev–Trinajstić information content (AvgIpc) is 2.69. The van der Waals surface area contributed by atoms with Crippen molar-refractivity contribution in [2.24, 2.45) is 0 Å². The van der Waals surface area contributed by atoms with Crippen molar-refractivity contribution in [3.63, 3.8) is 0 Å². The predicted molar refractivity (Wildman–Crippen MR) is 116 cm³/mol. The first-order valence-corrected chi connectivity index (χ1v) is 11.7. The topological polar surface area (TPSA) is 81.7 Å². The van der Waals surface area contributed by atoms with E-state index in [2.05, 4.69) is 4.72 Å². The van der Waals surface area contributed by atoms with E-state index >= 15 is 0 Å². The van der Waals surface area contributed by atoms with Crippen molar-refractivity contribution in [2.45, 2.75) is 37.5 Å². The molecule has 0 aliphatic carbocycles. The van der Waals surface area contributed by atoms with Crippen molar-refractivity contribution < 1.29 is 22.7 Å². The molecule has 0 bridgehead atoms. The number of thioether (sulfide) groups is 1. The molecule has 158 valence electrons. The van der Waals surface area contributed by atoms with Gasteiger partial charge in [0.15, 0.2) is 0 Å². The molecule has 6 nitrogen and oxygen atoms in total. The van der Waals surface area contributed by atoms with Gasteiger partial charge < -0.3 is 9.47 Å².